The minimum Gasteiger partial charge on any atom is -0.475 e. The number of rotatable bonds is 9. The van der Waals surface area contributed by atoms with E-state index >= 15 is 0 Å². The highest BCUT2D eigenvalue weighted by molar-refractivity contribution is 5.75. The minimum absolute atomic E-state index is 0.0313. The first-order valence-electron chi connectivity index (χ1n) is 8.62. The van der Waals surface area contributed by atoms with Gasteiger partial charge in [-0.3, -0.25) is 4.79 Å². The van der Waals surface area contributed by atoms with Crippen molar-refractivity contribution in [1.29, 1.82) is 0 Å². The van der Waals surface area contributed by atoms with Crippen LogP contribution in [0.5, 0.6) is 5.88 Å². The Morgan fingerprint density at radius 2 is 1.92 bits per heavy atom. The van der Waals surface area contributed by atoms with Gasteiger partial charge in [-0.15, -0.1) is 10.2 Å². The minimum atomic E-state index is 0.0313. The third kappa shape index (κ3) is 5.44. The van der Waals surface area contributed by atoms with Gasteiger partial charge in [0, 0.05) is 12.5 Å². The summed E-state index contributed by atoms with van der Waals surface area (Å²) in [6.07, 6.45) is 3.83. The van der Waals surface area contributed by atoms with Crippen molar-refractivity contribution in [3.05, 3.63) is 66.4 Å². The van der Waals surface area contributed by atoms with Crippen LogP contribution in [-0.2, 0) is 11.2 Å². The second-order valence-corrected chi connectivity index (χ2v) is 5.77. The molecular weight excluding hydrogens is 330 g/mol. The Balaban J connectivity index is 1.30. The lowest BCUT2D eigenvalue weighted by Crippen LogP contribution is -2.28. The first-order chi connectivity index (χ1) is 12.8. The number of ether oxygens (including phenoxy) is 1. The van der Waals surface area contributed by atoms with Crippen molar-refractivity contribution in [3.8, 4) is 17.3 Å². The van der Waals surface area contributed by atoms with Crippen LogP contribution in [0.4, 0.5) is 0 Å². The zero-order valence-electron chi connectivity index (χ0n) is 14.4. The molecule has 3 aromatic rings. The van der Waals surface area contributed by atoms with Crippen molar-refractivity contribution in [2.75, 3.05) is 13.2 Å². The van der Waals surface area contributed by atoms with E-state index in [1.807, 2.05) is 24.3 Å². The summed E-state index contributed by atoms with van der Waals surface area (Å²) in [7, 11) is 0. The summed E-state index contributed by atoms with van der Waals surface area (Å²) >= 11 is 0. The van der Waals surface area contributed by atoms with E-state index in [-0.39, 0.29) is 5.91 Å². The van der Waals surface area contributed by atoms with Gasteiger partial charge in [0.05, 0.1) is 12.8 Å². The smallest absolute Gasteiger partial charge is 0.233 e. The number of carbonyl (C=O) groups excluding carboxylic acids is 1. The van der Waals surface area contributed by atoms with Crippen LogP contribution in [0.1, 0.15) is 18.4 Å². The Morgan fingerprint density at radius 3 is 2.65 bits per heavy atom. The maximum Gasteiger partial charge on any atom is 0.233 e. The van der Waals surface area contributed by atoms with E-state index < -0.39 is 0 Å². The molecular formula is C20H21N3O3. The highest BCUT2D eigenvalue weighted by Gasteiger charge is 2.05. The third-order valence-corrected chi connectivity index (χ3v) is 3.80. The van der Waals surface area contributed by atoms with Crippen molar-refractivity contribution in [1.82, 2.24) is 15.5 Å². The fourth-order valence-electron chi connectivity index (χ4n) is 2.48. The zero-order valence-corrected chi connectivity index (χ0v) is 14.4. The number of furan rings is 1. The summed E-state index contributed by atoms with van der Waals surface area (Å²) in [5.74, 6) is 1.11. The standard InChI is InChI=1S/C20H21N3O3/c24-19(10-4-8-16-6-2-1-3-7-16)21-13-15-26-20-12-11-17(22-23-20)18-9-5-14-25-18/h1-3,5-7,9,11-12,14H,4,8,10,13,15H2,(H,21,24). The van der Waals surface area contributed by atoms with Crippen molar-refractivity contribution >= 4 is 5.91 Å². The van der Waals surface area contributed by atoms with Gasteiger partial charge in [0.2, 0.25) is 11.8 Å². The van der Waals surface area contributed by atoms with Crippen LogP contribution in [0.2, 0.25) is 0 Å². The van der Waals surface area contributed by atoms with Gasteiger partial charge in [-0.25, -0.2) is 0 Å². The fraction of sp³-hybridized carbons (Fsp3) is 0.250. The molecule has 0 unspecified atom stereocenters. The Kier molecular flexibility index (Phi) is 6.36. The summed E-state index contributed by atoms with van der Waals surface area (Å²) in [6.45, 7) is 0.783. The van der Waals surface area contributed by atoms with Gasteiger partial charge in [0.25, 0.3) is 0 Å². The SMILES string of the molecule is O=C(CCCc1ccccc1)NCCOc1ccc(-c2ccco2)nn1. The molecule has 6 heteroatoms. The Hall–Kier alpha value is -3.15. The molecule has 1 aromatic carbocycles. The number of hydrogen-bond donors (Lipinski definition) is 1. The molecule has 0 radical (unpaired) electrons. The van der Waals surface area contributed by atoms with Crippen molar-refractivity contribution in [3.63, 3.8) is 0 Å². The molecule has 0 saturated carbocycles. The normalized spacial score (nSPS) is 10.5. The van der Waals surface area contributed by atoms with E-state index in [0.717, 1.165) is 12.8 Å². The molecule has 0 bridgehead atoms. The van der Waals surface area contributed by atoms with E-state index in [4.69, 9.17) is 9.15 Å². The summed E-state index contributed by atoms with van der Waals surface area (Å²) in [4.78, 5) is 11.8. The van der Waals surface area contributed by atoms with Crippen LogP contribution in [-0.4, -0.2) is 29.3 Å². The molecule has 26 heavy (non-hydrogen) atoms. The molecule has 0 saturated heterocycles. The molecule has 2 heterocycles. The Bertz CT molecular complexity index is 787. The van der Waals surface area contributed by atoms with E-state index in [9.17, 15) is 4.79 Å². The average molecular weight is 351 g/mol. The van der Waals surface area contributed by atoms with Gasteiger partial charge in [-0.05, 0) is 36.6 Å². The van der Waals surface area contributed by atoms with Gasteiger partial charge in [-0.2, -0.15) is 0 Å². The van der Waals surface area contributed by atoms with Crippen molar-refractivity contribution in [2.45, 2.75) is 19.3 Å². The zero-order chi connectivity index (χ0) is 18.0. The van der Waals surface area contributed by atoms with Crippen LogP contribution < -0.4 is 10.1 Å². The number of amides is 1. The van der Waals surface area contributed by atoms with E-state index in [1.165, 1.54) is 5.56 Å². The van der Waals surface area contributed by atoms with Crippen LogP contribution in [0.3, 0.4) is 0 Å². The number of hydrogen-bond acceptors (Lipinski definition) is 5. The van der Waals surface area contributed by atoms with Gasteiger partial charge in [-0.1, -0.05) is 30.3 Å². The van der Waals surface area contributed by atoms with Crippen LogP contribution in [0.15, 0.2) is 65.3 Å². The maximum absolute atomic E-state index is 11.8. The summed E-state index contributed by atoms with van der Waals surface area (Å²) in [6, 6.07) is 17.3. The first-order valence-corrected chi connectivity index (χ1v) is 8.62. The summed E-state index contributed by atoms with van der Waals surface area (Å²) in [5.41, 5.74) is 1.90. The number of benzene rings is 1. The fourth-order valence-corrected chi connectivity index (χ4v) is 2.48. The van der Waals surface area contributed by atoms with E-state index in [0.29, 0.717) is 36.9 Å². The largest absolute Gasteiger partial charge is 0.475 e. The predicted molar refractivity (Wildman–Crippen MR) is 97.6 cm³/mol. The second-order valence-electron chi connectivity index (χ2n) is 5.77. The molecule has 134 valence electrons. The lowest BCUT2D eigenvalue weighted by molar-refractivity contribution is -0.121. The molecule has 0 aliphatic heterocycles. The monoisotopic (exact) mass is 351 g/mol. The summed E-state index contributed by atoms with van der Waals surface area (Å²) in [5, 5.41) is 10.9. The molecule has 0 fully saturated rings. The number of aromatic nitrogens is 2. The molecule has 0 atom stereocenters. The quantitative estimate of drug-likeness (QED) is 0.599. The topological polar surface area (TPSA) is 77.2 Å². The van der Waals surface area contributed by atoms with Crippen LogP contribution >= 0.6 is 0 Å². The molecule has 1 amide bonds. The number of nitrogens with zero attached hydrogens (tertiary/aromatic N) is 2. The number of aryl methyl sites for hydroxylation is 1. The molecule has 0 spiro atoms. The second kappa shape index (κ2) is 9.36. The average Bonchev–Trinajstić information content (AvgIpc) is 3.21. The lowest BCUT2D eigenvalue weighted by Gasteiger charge is -2.07. The van der Waals surface area contributed by atoms with Gasteiger partial charge >= 0.3 is 0 Å². The maximum atomic E-state index is 11.8. The van der Waals surface area contributed by atoms with E-state index in [1.54, 1.807) is 24.5 Å². The molecule has 1 N–H and O–H groups in total. The van der Waals surface area contributed by atoms with E-state index in [2.05, 4.69) is 27.6 Å². The third-order valence-electron chi connectivity index (χ3n) is 3.80. The van der Waals surface area contributed by atoms with Crippen molar-refractivity contribution in [2.24, 2.45) is 0 Å². The van der Waals surface area contributed by atoms with Crippen molar-refractivity contribution < 1.29 is 13.9 Å². The lowest BCUT2D eigenvalue weighted by atomic mass is 10.1. The summed E-state index contributed by atoms with van der Waals surface area (Å²) < 4.78 is 10.7. The predicted octanol–water partition coefficient (Wildman–Crippen LogP) is 3.25. The Morgan fingerprint density at radius 1 is 1.04 bits per heavy atom. The highest BCUT2D eigenvalue weighted by atomic mass is 16.5. The van der Waals surface area contributed by atoms with Gasteiger partial charge in [0.15, 0.2) is 5.76 Å². The Labute approximate surface area is 152 Å². The number of carbonyl (C=O) groups is 1. The molecule has 0 aliphatic rings. The van der Waals surface area contributed by atoms with Gasteiger partial charge < -0.3 is 14.5 Å². The van der Waals surface area contributed by atoms with Crippen LogP contribution in [0, 0.1) is 0 Å². The molecule has 3 rings (SSSR count). The molecule has 0 aliphatic carbocycles. The first kappa shape index (κ1) is 17.7. The van der Waals surface area contributed by atoms with Gasteiger partial charge in [0.1, 0.15) is 12.3 Å². The molecule has 2 aromatic heterocycles. The highest BCUT2D eigenvalue weighted by Crippen LogP contribution is 2.17. The van der Waals surface area contributed by atoms with Crippen LogP contribution in [0.25, 0.3) is 11.5 Å². The molecule has 6 nitrogen and oxygen atoms in total. The number of nitrogens with one attached hydrogen (secondary N) is 1.